The largest absolute Gasteiger partial charge is 0.344 e. The van der Waals surface area contributed by atoms with Gasteiger partial charge in [0.2, 0.25) is 0 Å². The van der Waals surface area contributed by atoms with Crippen LogP contribution in [-0.2, 0) is 4.79 Å². The zero-order valence-electron chi connectivity index (χ0n) is 12.6. The summed E-state index contributed by atoms with van der Waals surface area (Å²) in [5, 5.41) is 3.66. The number of hydrogen-bond donors (Lipinski definition) is 3. The second-order valence-electron chi connectivity index (χ2n) is 5.98. The van der Waals surface area contributed by atoms with Crippen molar-refractivity contribution in [2.24, 2.45) is 0 Å². The lowest BCUT2D eigenvalue weighted by molar-refractivity contribution is -0.116. The van der Waals surface area contributed by atoms with Crippen LogP contribution in [0.5, 0.6) is 0 Å². The topological polar surface area (TPSA) is 94.8 Å². The summed E-state index contributed by atoms with van der Waals surface area (Å²) >= 11 is 5.96. The normalized spacial score (nSPS) is 19.5. The van der Waals surface area contributed by atoms with Gasteiger partial charge in [-0.3, -0.25) is 19.6 Å². The number of hydrogen-bond acceptors (Lipinski definition) is 4. The summed E-state index contributed by atoms with van der Waals surface area (Å²) in [6.07, 6.45) is 1.92. The summed E-state index contributed by atoms with van der Waals surface area (Å²) in [5.74, 6) is -0.126. The Morgan fingerprint density at radius 2 is 1.75 bits per heavy atom. The third-order valence-corrected chi connectivity index (χ3v) is 4.74. The molecular formula is C17H14ClN3O3. The van der Waals surface area contributed by atoms with Crippen LogP contribution in [0, 0.1) is 0 Å². The van der Waals surface area contributed by atoms with E-state index >= 15 is 0 Å². The van der Waals surface area contributed by atoms with Crippen LogP contribution in [0.2, 0.25) is 5.02 Å². The maximum Gasteiger partial charge on any atom is 0.327 e. The molecule has 0 saturated carbocycles. The van der Waals surface area contributed by atoms with Gasteiger partial charge in [0.15, 0.2) is 5.78 Å². The Hall–Kier alpha value is -2.60. The summed E-state index contributed by atoms with van der Waals surface area (Å²) in [7, 11) is 0. The highest BCUT2D eigenvalue weighted by Gasteiger charge is 2.37. The molecule has 122 valence electrons. The molecule has 0 radical (unpaired) electrons. The molecule has 2 aromatic rings. The monoisotopic (exact) mass is 343 g/mol. The number of carbonyl (C=O) groups excluding carboxylic acids is 1. The lowest BCUT2D eigenvalue weighted by atomic mass is 9.76. The fraction of sp³-hybridized carbons (Fsp3) is 0.235. The number of halogens is 1. The highest BCUT2D eigenvalue weighted by molar-refractivity contribution is 6.30. The number of fused-ring (bicyclic) bond motifs is 1. The van der Waals surface area contributed by atoms with Gasteiger partial charge in [-0.15, -0.1) is 0 Å². The van der Waals surface area contributed by atoms with E-state index in [1.54, 1.807) is 24.3 Å². The number of carbonyl (C=O) groups is 1. The summed E-state index contributed by atoms with van der Waals surface area (Å²) < 4.78 is 0. The summed E-state index contributed by atoms with van der Waals surface area (Å²) in [4.78, 5) is 41.5. The average Bonchev–Trinajstić information content (AvgIpc) is 2.54. The molecule has 0 bridgehead atoms. The molecular weight excluding hydrogens is 330 g/mol. The maximum atomic E-state index is 12.6. The first kappa shape index (κ1) is 15.0. The van der Waals surface area contributed by atoms with Crippen molar-refractivity contribution in [3.8, 4) is 0 Å². The number of anilines is 1. The van der Waals surface area contributed by atoms with Gasteiger partial charge in [0.05, 0.1) is 5.56 Å². The van der Waals surface area contributed by atoms with Crippen molar-refractivity contribution in [3.05, 3.63) is 72.5 Å². The highest BCUT2D eigenvalue weighted by atomic mass is 35.5. The van der Waals surface area contributed by atoms with Gasteiger partial charge in [-0.25, -0.2) is 4.79 Å². The van der Waals surface area contributed by atoms with Crippen LogP contribution < -0.4 is 16.6 Å². The minimum atomic E-state index is -0.577. The predicted molar refractivity (Wildman–Crippen MR) is 90.5 cm³/mol. The van der Waals surface area contributed by atoms with Gasteiger partial charge in [-0.05, 0) is 30.5 Å². The summed E-state index contributed by atoms with van der Waals surface area (Å²) in [6, 6.07) is 7.07. The molecule has 1 aromatic carbocycles. The molecule has 0 saturated heterocycles. The maximum absolute atomic E-state index is 12.6. The van der Waals surface area contributed by atoms with Gasteiger partial charge in [0.1, 0.15) is 5.82 Å². The molecule has 1 atom stereocenters. The van der Waals surface area contributed by atoms with Gasteiger partial charge in [0, 0.05) is 28.6 Å². The van der Waals surface area contributed by atoms with E-state index in [0.29, 0.717) is 34.8 Å². The third-order valence-electron chi connectivity index (χ3n) is 4.49. The smallest absolute Gasteiger partial charge is 0.327 e. The van der Waals surface area contributed by atoms with Gasteiger partial charge in [-0.2, -0.15) is 0 Å². The second kappa shape index (κ2) is 5.49. The van der Waals surface area contributed by atoms with E-state index in [4.69, 9.17) is 11.6 Å². The molecule has 0 fully saturated rings. The Bertz CT molecular complexity index is 985. The number of aromatic nitrogens is 2. The van der Waals surface area contributed by atoms with E-state index in [1.165, 1.54) is 0 Å². The molecule has 1 aliphatic heterocycles. The molecule has 1 aliphatic carbocycles. The minimum Gasteiger partial charge on any atom is -0.344 e. The zero-order chi connectivity index (χ0) is 16.8. The number of Topliss-reactive ketones (excluding diaryl/α,β-unsaturated/α-hetero) is 1. The van der Waals surface area contributed by atoms with Gasteiger partial charge < -0.3 is 5.32 Å². The van der Waals surface area contributed by atoms with E-state index < -0.39 is 17.2 Å². The van der Waals surface area contributed by atoms with Gasteiger partial charge in [0.25, 0.3) is 5.56 Å². The lowest BCUT2D eigenvalue weighted by Crippen LogP contribution is -2.36. The quantitative estimate of drug-likeness (QED) is 0.740. The Labute approximate surface area is 141 Å². The van der Waals surface area contributed by atoms with Crippen molar-refractivity contribution < 1.29 is 4.79 Å². The molecule has 0 spiro atoms. The van der Waals surface area contributed by atoms with Crippen LogP contribution in [0.1, 0.15) is 36.3 Å². The van der Waals surface area contributed by atoms with Crippen molar-refractivity contribution in [1.82, 2.24) is 9.97 Å². The van der Waals surface area contributed by atoms with Crippen molar-refractivity contribution in [2.75, 3.05) is 5.32 Å². The number of H-pyrrole nitrogens is 2. The molecule has 0 unspecified atom stereocenters. The standard InChI is InChI=1S/C17H14ClN3O3/c18-9-6-4-8(5-7-9)12-13-10(2-1-3-11(13)22)19-15-14(12)16(23)21-17(24)20-15/h4-7,12H,1-3H2,(H3,19,20,21,23,24)/t12-/m1/s1. The Balaban J connectivity index is 2.01. The fourth-order valence-electron chi connectivity index (χ4n) is 3.48. The van der Waals surface area contributed by atoms with Crippen molar-refractivity contribution in [1.29, 1.82) is 0 Å². The van der Waals surface area contributed by atoms with E-state index in [-0.39, 0.29) is 5.78 Å². The number of ketones is 1. The minimum absolute atomic E-state index is 0.0277. The number of rotatable bonds is 1. The molecule has 6 nitrogen and oxygen atoms in total. The molecule has 2 aliphatic rings. The van der Waals surface area contributed by atoms with E-state index in [1.807, 2.05) is 0 Å². The SMILES string of the molecule is O=C1CCCC2=C1[C@@H](c1ccc(Cl)cc1)c1c([nH]c(=O)[nH]c1=O)N2. The average molecular weight is 344 g/mol. The van der Waals surface area contributed by atoms with Crippen LogP contribution in [0.4, 0.5) is 5.82 Å². The van der Waals surface area contributed by atoms with Crippen LogP contribution >= 0.6 is 11.6 Å². The molecule has 0 amide bonds. The van der Waals surface area contributed by atoms with Gasteiger partial charge >= 0.3 is 5.69 Å². The molecule has 7 heteroatoms. The molecule has 1 aromatic heterocycles. The Morgan fingerprint density at radius 3 is 2.50 bits per heavy atom. The van der Waals surface area contributed by atoms with Gasteiger partial charge in [-0.1, -0.05) is 23.7 Å². The fourth-order valence-corrected chi connectivity index (χ4v) is 3.61. The van der Waals surface area contributed by atoms with E-state index in [0.717, 1.165) is 17.7 Å². The number of aromatic amines is 2. The van der Waals surface area contributed by atoms with E-state index in [2.05, 4.69) is 15.3 Å². The van der Waals surface area contributed by atoms with Crippen molar-refractivity contribution in [3.63, 3.8) is 0 Å². The first-order valence-electron chi connectivity index (χ1n) is 7.70. The number of benzene rings is 1. The Kier molecular flexibility index (Phi) is 3.42. The second-order valence-corrected chi connectivity index (χ2v) is 6.41. The van der Waals surface area contributed by atoms with Crippen molar-refractivity contribution in [2.45, 2.75) is 25.2 Å². The highest BCUT2D eigenvalue weighted by Crippen LogP contribution is 2.42. The molecule has 3 N–H and O–H groups in total. The number of nitrogens with one attached hydrogen (secondary N) is 3. The third kappa shape index (κ3) is 2.30. The lowest BCUT2D eigenvalue weighted by Gasteiger charge is -2.32. The molecule has 24 heavy (non-hydrogen) atoms. The van der Waals surface area contributed by atoms with Crippen LogP contribution in [0.3, 0.4) is 0 Å². The molecule has 2 heterocycles. The predicted octanol–water partition coefficient (Wildman–Crippen LogP) is 2.28. The van der Waals surface area contributed by atoms with Crippen molar-refractivity contribution >= 4 is 23.2 Å². The van der Waals surface area contributed by atoms with Crippen LogP contribution in [0.25, 0.3) is 0 Å². The summed E-state index contributed by atoms with van der Waals surface area (Å²) in [6.45, 7) is 0. The zero-order valence-corrected chi connectivity index (χ0v) is 13.4. The summed E-state index contributed by atoms with van der Waals surface area (Å²) in [5.41, 5.74) is 1.46. The molecule has 4 rings (SSSR count). The van der Waals surface area contributed by atoms with Crippen LogP contribution in [-0.4, -0.2) is 15.8 Å². The van der Waals surface area contributed by atoms with E-state index in [9.17, 15) is 14.4 Å². The number of allylic oxidation sites excluding steroid dienone is 2. The first-order valence-corrected chi connectivity index (χ1v) is 8.07. The van der Waals surface area contributed by atoms with Crippen LogP contribution in [0.15, 0.2) is 45.1 Å². The Morgan fingerprint density at radius 1 is 1.00 bits per heavy atom. The first-order chi connectivity index (χ1) is 11.5.